The smallest absolute Gasteiger partial charge is 0.0497 e. The lowest BCUT2D eigenvalue weighted by Crippen LogP contribution is -1.92. The maximum atomic E-state index is 2.40. The summed E-state index contributed by atoms with van der Waals surface area (Å²) < 4.78 is 2.40. The minimum absolute atomic E-state index is 1.00. The van der Waals surface area contributed by atoms with Crippen molar-refractivity contribution < 1.29 is 0 Å². The van der Waals surface area contributed by atoms with Crippen LogP contribution in [0.1, 0.15) is 6.92 Å². The fourth-order valence-electron chi connectivity index (χ4n) is 3.07. The lowest BCUT2D eigenvalue weighted by molar-refractivity contribution is 0.827. The van der Waals surface area contributed by atoms with Gasteiger partial charge in [0.25, 0.3) is 0 Å². The van der Waals surface area contributed by atoms with E-state index in [0.717, 1.165) is 6.54 Å². The molecule has 0 aliphatic carbocycles. The van der Waals surface area contributed by atoms with E-state index < -0.39 is 0 Å². The van der Waals surface area contributed by atoms with Gasteiger partial charge in [-0.25, -0.2) is 0 Å². The Labute approximate surface area is 112 Å². The molecule has 0 amide bonds. The molecule has 0 atom stereocenters. The maximum Gasteiger partial charge on any atom is 0.0497 e. The van der Waals surface area contributed by atoms with E-state index in [1.54, 1.807) is 0 Å². The lowest BCUT2D eigenvalue weighted by atomic mass is 10.1. The van der Waals surface area contributed by atoms with Crippen molar-refractivity contribution in [2.75, 3.05) is 0 Å². The van der Waals surface area contributed by atoms with Crippen molar-refractivity contribution in [1.29, 1.82) is 0 Å². The van der Waals surface area contributed by atoms with Gasteiger partial charge < -0.3 is 4.57 Å². The third-order valence-corrected chi connectivity index (χ3v) is 3.96. The van der Waals surface area contributed by atoms with E-state index in [4.69, 9.17) is 0 Å². The molecule has 0 unspecified atom stereocenters. The van der Waals surface area contributed by atoms with E-state index >= 15 is 0 Å². The Morgan fingerprint density at radius 1 is 0.737 bits per heavy atom. The number of aromatic nitrogens is 1. The first kappa shape index (κ1) is 10.6. The van der Waals surface area contributed by atoms with Crippen molar-refractivity contribution in [2.45, 2.75) is 13.5 Å². The van der Waals surface area contributed by atoms with Gasteiger partial charge in [0.15, 0.2) is 0 Å². The molecule has 0 radical (unpaired) electrons. The summed E-state index contributed by atoms with van der Waals surface area (Å²) in [7, 11) is 0. The SMILES string of the molecule is CCn1c2ccccc2c2cc3ccccc3cc21. The fraction of sp³-hybridized carbons (Fsp3) is 0.111. The van der Waals surface area contributed by atoms with Crippen molar-refractivity contribution in [3.63, 3.8) is 0 Å². The van der Waals surface area contributed by atoms with Crippen LogP contribution >= 0.6 is 0 Å². The minimum Gasteiger partial charge on any atom is -0.341 e. The second-order valence-corrected chi connectivity index (χ2v) is 4.98. The molecule has 0 bridgehead atoms. The summed E-state index contributed by atoms with van der Waals surface area (Å²) in [5.74, 6) is 0. The highest BCUT2D eigenvalue weighted by Crippen LogP contribution is 2.32. The molecule has 0 N–H and O–H groups in total. The average molecular weight is 245 g/mol. The van der Waals surface area contributed by atoms with E-state index in [1.165, 1.54) is 32.6 Å². The van der Waals surface area contributed by atoms with Crippen LogP contribution in [-0.4, -0.2) is 4.57 Å². The number of para-hydroxylation sites is 1. The Balaban J connectivity index is 2.29. The first-order valence-corrected chi connectivity index (χ1v) is 6.78. The van der Waals surface area contributed by atoms with E-state index in [1.807, 2.05) is 0 Å². The molecule has 1 aromatic heterocycles. The lowest BCUT2D eigenvalue weighted by Gasteiger charge is -2.04. The van der Waals surface area contributed by atoms with E-state index in [0.29, 0.717) is 0 Å². The molecule has 0 aliphatic rings. The molecule has 0 fully saturated rings. The number of benzene rings is 3. The Morgan fingerprint density at radius 3 is 2.21 bits per heavy atom. The van der Waals surface area contributed by atoms with Crippen LogP contribution in [0.5, 0.6) is 0 Å². The molecule has 0 saturated heterocycles. The molecule has 0 aliphatic heterocycles. The summed E-state index contributed by atoms with van der Waals surface area (Å²) in [4.78, 5) is 0. The summed E-state index contributed by atoms with van der Waals surface area (Å²) >= 11 is 0. The van der Waals surface area contributed by atoms with Crippen LogP contribution in [0.2, 0.25) is 0 Å². The molecule has 3 aromatic carbocycles. The molecule has 0 spiro atoms. The van der Waals surface area contributed by atoms with Crippen molar-refractivity contribution in [1.82, 2.24) is 4.57 Å². The van der Waals surface area contributed by atoms with Crippen LogP contribution in [0.25, 0.3) is 32.6 Å². The highest BCUT2D eigenvalue weighted by molar-refractivity contribution is 6.12. The van der Waals surface area contributed by atoms with Crippen molar-refractivity contribution in [3.8, 4) is 0 Å². The first-order valence-electron chi connectivity index (χ1n) is 6.78. The zero-order valence-electron chi connectivity index (χ0n) is 10.9. The van der Waals surface area contributed by atoms with Gasteiger partial charge in [-0.2, -0.15) is 0 Å². The quantitative estimate of drug-likeness (QED) is 0.446. The molecule has 92 valence electrons. The van der Waals surface area contributed by atoms with Crippen LogP contribution < -0.4 is 0 Å². The largest absolute Gasteiger partial charge is 0.341 e. The van der Waals surface area contributed by atoms with Gasteiger partial charge in [0.05, 0.1) is 0 Å². The molecule has 19 heavy (non-hydrogen) atoms. The van der Waals surface area contributed by atoms with Gasteiger partial charge in [0.1, 0.15) is 0 Å². The Hall–Kier alpha value is -2.28. The molecule has 1 heteroatoms. The van der Waals surface area contributed by atoms with Crippen LogP contribution in [0, 0.1) is 0 Å². The predicted molar refractivity (Wildman–Crippen MR) is 82.6 cm³/mol. The van der Waals surface area contributed by atoms with Crippen molar-refractivity contribution >= 4 is 32.6 Å². The summed E-state index contributed by atoms with van der Waals surface area (Å²) in [6.07, 6.45) is 0. The van der Waals surface area contributed by atoms with E-state index in [9.17, 15) is 0 Å². The summed E-state index contributed by atoms with van der Waals surface area (Å²) in [6.45, 7) is 3.21. The molecular weight excluding hydrogens is 230 g/mol. The molecule has 4 rings (SSSR count). The topological polar surface area (TPSA) is 4.93 Å². The number of nitrogens with zero attached hydrogens (tertiary/aromatic N) is 1. The van der Waals surface area contributed by atoms with E-state index in [-0.39, 0.29) is 0 Å². The maximum absolute atomic E-state index is 2.40. The third-order valence-electron chi connectivity index (χ3n) is 3.96. The second-order valence-electron chi connectivity index (χ2n) is 4.98. The van der Waals surface area contributed by atoms with Gasteiger partial charge in [-0.05, 0) is 35.9 Å². The monoisotopic (exact) mass is 245 g/mol. The second kappa shape index (κ2) is 3.86. The number of hydrogen-bond donors (Lipinski definition) is 0. The molecular formula is C18H15N. The van der Waals surface area contributed by atoms with Gasteiger partial charge in [-0.15, -0.1) is 0 Å². The Bertz CT molecular complexity index is 899. The number of fused-ring (bicyclic) bond motifs is 4. The third kappa shape index (κ3) is 1.42. The standard InChI is InChI=1S/C18H15N/c1-2-19-17-10-6-5-9-15(17)16-11-13-7-3-4-8-14(13)12-18(16)19/h3-12H,2H2,1H3. The molecule has 0 saturated carbocycles. The van der Waals surface area contributed by atoms with Gasteiger partial charge in [0, 0.05) is 28.4 Å². The molecule has 1 heterocycles. The van der Waals surface area contributed by atoms with Gasteiger partial charge >= 0.3 is 0 Å². The highest BCUT2D eigenvalue weighted by atomic mass is 15.0. The molecule has 4 aromatic rings. The number of aryl methyl sites for hydroxylation is 1. The Kier molecular flexibility index (Phi) is 2.16. The van der Waals surface area contributed by atoms with E-state index in [2.05, 4.69) is 72.2 Å². The minimum atomic E-state index is 1.00. The zero-order chi connectivity index (χ0) is 12.8. The molecule has 1 nitrogen and oxygen atoms in total. The first-order chi connectivity index (χ1) is 9.38. The Morgan fingerprint density at radius 2 is 1.42 bits per heavy atom. The summed E-state index contributed by atoms with van der Waals surface area (Å²) in [6, 6.07) is 21.9. The van der Waals surface area contributed by atoms with Gasteiger partial charge in [0.2, 0.25) is 0 Å². The normalized spacial score (nSPS) is 11.6. The van der Waals surface area contributed by atoms with Crippen LogP contribution in [0.15, 0.2) is 60.7 Å². The van der Waals surface area contributed by atoms with Gasteiger partial charge in [-0.3, -0.25) is 0 Å². The average Bonchev–Trinajstić information content (AvgIpc) is 2.78. The zero-order valence-corrected chi connectivity index (χ0v) is 10.9. The van der Waals surface area contributed by atoms with Crippen LogP contribution in [0.3, 0.4) is 0 Å². The summed E-state index contributed by atoms with van der Waals surface area (Å²) in [5, 5.41) is 5.34. The van der Waals surface area contributed by atoms with Crippen LogP contribution in [0.4, 0.5) is 0 Å². The highest BCUT2D eigenvalue weighted by Gasteiger charge is 2.09. The van der Waals surface area contributed by atoms with Gasteiger partial charge in [-0.1, -0.05) is 42.5 Å². The number of rotatable bonds is 1. The number of hydrogen-bond acceptors (Lipinski definition) is 0. The predicted octanol–water partition coefficient (Wildman–Crippen LogP) is 4.97. The summed E-state index contributed by atoms with van der Waals surface area (Å²) in [5.41, 5.74) is 2.66. The van der Waals surface area contributed by atoms with Crippen LogP contribution in [-0.2, 0) is 6.54 Å². The van der Waals surface area contributed by atoms with Crippen molar-refractivity contribution in [3.05, 3.63) is 60.7 Å². The fourth-order valence-corrected chi connectivity index (χ4v) is 3.07. The van der Waals surface area contributed by atoms with Crippen molar-refractivity contribution in [2.24, 2.45) is 0 Å².